The number of methoxy groups -OCH3 is 1. The molecule has 0 unspecified atom stereocenters. The summed E-state index contributed by atoms with van der Waals surface area (Å²) >= 11 is 0. The van der Waals surface area contributed by atoms with Crippen molar-refractivity contribution >= 4 is 0 Å². The Labute approximate surface area is 98.0 Å². The van der Waals surface area contributed by atoms with Crippen molar-refractivity contribution in [3.8, 4) is 5.75 Å². The third kappa shape index (κ3) is 2.76. The molecule has 2 nitrogen and oxygen atoms in total. The molecule has 1 aliphatic carbocycles. The smallest absolute Gasteiger partial charge is 0.118 e. The summed E-state index contributed by atoms with van der Waals surface area (Å²) in [5.74, 6) is 0.927. The van der Waals surface area contributed by atoms with E-state index in [4.69, 9.17) is 4.74 Å². The topological polar surface area (TPSA) is 21.3 Å². The molecule has 1 N–H and O–H groups in total. The molecule has 0 amide bonds. The van der Waals surface area contributed by atoms with Gasteiger partial charge in [0.2, 0.25) is 0 Å². The van der Waals surface area contributed by atoms with Gasteiger partial charge in [0, 0.05) is 13.1 Å². The van der Waals surface area contributed by atoms with Crippen LogP contribution < -0.4 is 10.1 Å². The minimum absolute atomic E-state index is 0.631. The van der Waals surface area contributed by atoms with Gasteiger partial charge >= 0.3 is 0 Å². The molecular weight excluding hydrogens is 198 g/mol. The molecule has 0 radical (unpaired) electrons. The molecule has 1 aromatic carbocycles. The molecule has 1 saturated carbocycles. The lowest BCUT2D eigenvalue weighted by atomic mass is 10.0. The molecule has 0 spiro atoms. The van der Waals surface area contributed by atoms with E-state index >= 15 is 0 Å². The molecule has 1 fully saturated rings. The lowest BCUT2D eigenvalue weighted by Crippen LogP contribution is -2.23. The Bertz CT molecular complexity index is 327. The third-order valence-corrected chi connectivity index (χ3v) is 3.70. The van der Waals surface area contributed by atoms with E-state index < -0.39 is 0 Å². The van der Waals surface area contributed by atoms with Crippen LogP contribution in [-0.4, -0.2) is 13.7 Å². The summed E-state index contributed by atoms with van der Waals surface area (Å²) in [4.78, 5) is 0. The van der Waals surface area contributed by atoms with Crippen LogP contribution in [0.3, 0.4) is 0 Å². The zero-order chi connectivity index (χ0) is 11.4. The highest BCUT2D eigenvalue weighted by molar-refractivity contribution is 5.27. The highest BCUT2D eigenvalue weighted by atomic mass is 16.5. The van der Waals surface area contributed by atoms with Gasteiger partial charge in [-0.1, -0.05) is 19.1 Å². The molecule has 0 atom stereocenters. The van der Waals surface area contributed by atoms with Crippen molar-refractivity contribution in [3.63, 3.8) is 0 Å². The van der Waals surface area contributed by atoms with Gasteiger partial charge < -0.3 is 10.1 Å². The summed E-state index contributed by atoms with van der Waals surface area (Å²) < 4.78 is 5.13. The average molecular weight is 219 g/mol. The normalized spacial score (nSPS) is 17.1. The van der Waals surface area contributed by atoms with E-state index in [0.717, 1.165) is 18.8 Å². The van der Waals surface area contributed by atoms with Crippen LogP contribution in [0.5, 0.6) is 5.75 Å². The van der Waals surface area contributed by atoms with Gasteiger partial charge in [0.15, 0.2) is 0 Å². The number of hydrogen-bond donors (Lipinski definition) is 1. The number of rotatable bonds is 6. The van der Waals surface area contributed by atoms with Crippen LogP contribution in [0.15, 0.2) is 24.3 Å². The van der Waals surface area contributed by atoms with Gasteiger partial charge in [-0.3, -0.25) is 0 Å². The molecule has 1 aliphatic rings. The van der Waals surface area contributed by atoms with Gasteiger partial charge in [-0.05, 0) is 42.4 Å². The Morgan fingerprint density at radius 1 is 1.25 bits per heavy atom. The maximum atomic E-state index is 5.13. The molecule has 16 heavy (non-hydrogen) atoms. The first-order valence-electron chi connectivity index (χ1n) is 6.12. The average Bonchev–Trinajstić information content (AvgIpc) is 3.11. The second-order valence-electron chi connectivity index (χ2n) is 4.81. The number of hydrogen-bond acceptors (Lipinski definition) is 2. The standard InChI is InChI=1S/C14H21NO/c1-3-14(8-9-14)11-15-10-12-4-6-13(16-2)7-5-12/h4-7,15H,3,8-11H2,1-2H3. The Morgan fingerprint density at radius 2 is 1.94 bits per heavy atom. The first-order valence-corrected chi connectivity index (χ1v) is 6.12. The maximum absolute atomic E-state index is 5.13. The molecular formula is C14H21NO. The summed E-state index contributed by atoms with van der Waals surface area (Å²) in [5.41, 5.74) is 1.96. The van der Waals surface area contributed by atoms with Gasteiger partial charge in [0.05, 0.1) is 7.11 Å². The fourth-order valence-electron chi connectivity index (χ4n) is 2.05. The van der Waals surface area contributed by atoms with Gasteiger partial charge in [-0.15, -0.1) is 0 Å². The number of nitrogens with one attached hydrogen (secondary N) is 1. The van der Waals surface area contributed by atoms with E-state index in [1.165, 1.54) is 24.8 Å². The molecule has 0 heterocycles. The van der Waals surface area contributed by atoms with E-state index in [1.807, 2.05) is 12.1 Å². The van der Waals surface area contributed by atoms with Crippen LogP contribution in [0.2, 0.25) is 0 Å². The predicted octanol–water partition coefficient (Wildman–Crippen LogP) is 2.98. The minimum atomic E-state index is 0.631. The number of ether oxygens (including phenoxy) is 1. The van der Waals surface area contributed by atoms with Gasteiger partial charge in [-0.2, -0.15) is 0 Å². The van der Waals surface area contributed by atoms with Crippen LogP contribution in [0, 0.1) is 5.41 Å². The van der Waals surface area contributed by atoms with Crippen molar-refractivity contribution in [2.75, 3.05) is 13.7 Å². The molecule has 0 aliphatic heterocycles. The summed E-state index contributed by atoms with van der Waals surface area (Å²) in [7, 11) is 1.70. The van der Waals surface area contributed by atoms with Crippen LogP contribution in [0.25, 0.3) is 0 Å². The van der Waals surface area contributed by atoms with Crippen molar-refractivity contribution in [3.05, 3.63) is 29.8 Å². The lowest BCUT2D eigenvalue weighted by molar-refractivity contribution is 0.414. The monoisotopic (exact) mass is 219 g/mol. The highest BCUT2D eigenvalue weighted by Gasteiger charge is 2.39. The summed E-state index contributed by atoms with van der Waals surface area (Å²) in [6.45, 7) is 4.42. The largest absolute Gasteiger partial charge is 0.497 e. The van der Waals surface area contributed by atoms with Crippen molar-refractivity contribution in [1.82, 2.24) is 5.32 Å². The molecule has 88 valence electrons. The fourth-order valence-corrected chi connectivity index (χ4v) is 2.05. The zero-order valence-electron chi connectivity index (χ0n) is 10.3. The quantitative estimate of drug-likeness (QED) is 0.794. The minimum Gasteiger partial charge on any atom is -0.497 e. The zero-order valence-corrected chi connectivity index (χ0v) is 10.3. The van der Waals surface area contributed by atoms with E-state index in [9.17, 15) is 0 Å². The van der Waals surface area contributed by atoms with Gasteiger partial charge in [0.1, 0.15) is 5.75 Å². The molecule has 2 heteroatoms. The Morgan fingerprint density at radius 3 is 2.44 bits per heavy atom. The summed E-state index contributed by atoms with van der Waals surface area (Å²) in [5, 5.41) is 3.55. The SMILES string of the molecule is CCC1(CNCc2ccc(OC)cc2)CC1. The Kier molecular flexibility index (Phi) is 3.49. The van der Waals surface area contributed by atoms with Crippen LogP contribution >= 0.6 is 0 Å². The third-order valence-electron chi connectivity index (χ3n) is 3.70. The Hall–Kier alpha value is -1.02. The van der Waals surface area contributed by atoms with E-state index in [1.54, 1.807) is 7.11 Å². The van der Waals surface area contributed by atoms with Crippen LogP contribution in [0.4, 0.5) is 0 Å². The molecule has 0 aromatic heterocycles. The van der Waals surface area contributed by atoms with Crippen molar-refractivity contribution in [2.45, 2.75) is 32.7 Å². The second kappa shape index (κ2) is 4.88. The molecule has 1 aromatic rings. The Balaban J connectivity index is 1.76. The predicted molar refractivity (Wildman–Crippen MR) is 66.7 cm³/mol. The summed E-state index contributed by atoms with van der Waals surface area (Å²) in [6.07, 6.45) is 4.11. The summed E-state index contributed by atoms with van der Waals surface area (Å²) in [6, 6.07) is 8.28. The molecule has 0 saturated heterocycles. The van der Waals surface area contributed by atoms with Crippen molar-refractivity contribution in [1.29, 1.82) is 0 Å². The first-order chi connectivity index (χ1) is 7.78. The fraction of sp³-hybridized carbons (Fsp3) is 0.571. The van der Waals surface area contributed by atoms with Gasteiger partial charge in [-0.25, -0.2) is 0 Å². The van der Waals surface area contributed by atoms with E-state index in [0.29, 0.717) is 5.41 Å². The van der Waals surface area contributed by atoms with Gasteiger partial charge in [0.25, 0.3) is 0 Å². The van der Waals surface area contributed by atoms with E-state index in [-0.39, 0.29) is 0 Å². The van der Waals surface area contributed by atoms with Crippen LogP contribution in [-0.2, 0) is 6.54 Å². The second-order valence-corrected chi connectivity index (χ2v) is 4.81. The maximum Gasteiger partial charge on any atom is 0.118 e. The lowest BCUT2D eigenvalue weighted by Gasteiger charge is -2.13. The van der Waals surface area contributed by atoms with Crippen molar-refractivity contribution in [2.24, 2.45) is 5.41 Å². The highest BCUT2D eigenvalue weighted by Crippen LogP contribution is 2.47. The van der Waals surface area contributed by atoms with E-state index in [2.05, 4.69) is 24.4 Å². The number of benzene rings is 1. The van der Waals surface area contributed by atoms with Crippen LogP contribution in [0.1, 0.15) is 31.7 Å². The molecule has 0 bridgehead atoms. The first kappa shape index (κ1) is 11.5. The van der Waals surface area contributed by atoms with Crippen molar-refractivity contribution < 1.29 is 4.74 Å². The molecule has 2 rings (SSSR count).